The van der Waals surface area contributed by atoms with Crippen LogP contribution in [0.4, 0.5) is 0 Å². The standard InChI is InChI=1S/C22H30O6Si/c1-5-8-27-22(26)20-18-15-11-13(23)6-7-14(15)16(12-17(18)24)19(20)21(25)28-9-10-29(2,3)4/h6-7,11,16,18-20,23H,5,8-10,12H2,1-4H3. The Balaban J connectivity index is 1.94. The van der Waals surface area contributed by atoms with Crippen molar-refractivity contribution in [3.05, 3.63) is 29.3 Å². The molecular weight excluding hydrogens is 388 g/mol. The number of hydrogen-bond acceptors (Lipinski definition) is 6. The third-order valence-electron chi connectivity index (χ3n) is 5.84. The van der Waals surface area contributed by atoms with Gasteiger partial charge in [-0.1, -0.05) is 32.6 Å². The maximum atomic E-state index is 13.1. The molecule has 0 heterocycles. The topological polar surface area (TPSA) is 89.9 Å². The summed E-state index contributed by atoms with van der Waals surface area (Å²) in [5, 5.41) is 9.92. The number of carbonyl (C=O) groups excluding carboxylic acids is 3. The molecule has 0 saturated heterocycles. The molecule has 158 valence electrons. The monoisotopic (exact) mass is 418 g/mol. The average Bonchev–Trinajstić information content (AvgIpc) is 2.64. The summed E-state index contributed by atoms with van der Waals surface area (Å²) in [5.41, 5.74) is 1.48. The highest BCUT2D eigenvalue weighted by Crippen LogP contribution is 2.55. The fourth-order valence-electron chi connectivity index (χ4n) is 4.41. The summed E-state index contributed by atoms with van der Waals surface area (Å²) >= 11 is 0. The largest absolute Gasteiger partial charge is 0.508 e. The molecule has 29 heavy (non-hydrogen) atoms. The number of rotatable bonds is 7. The van der Waals surface area contributed by atoms with E-state index < -0.39 is 43.7 Å². The van der Waals surface area contributed by atoms with Gasteiger partial charge in [0.05, 0.1) is 31.0 Å². The number of Topliss-reactive ketones (excluding diaryl/α,β-unsaturated/α-hetero) is 1. The Labute approximate surface area is 172 Å². The first-order valence-corrected chi connectivity index (χ1v) is 14.0. The van der Waals surface area contributed by atoms with E-state index in [1.807, 2.05) is 6.92 Å². The third-order valence-corrected chi connectivity index (χ3v) is 7.55. The van der Waals surface area contributed by atoms with Crippen molar-refractivity contribution in [2.24, 2.45) is 11.8 Å². The number of aromatic hydroxyl groups is 1. The van der Waals surface area contributed by atoms with Crippen LogP contribution >= 0.6 is 0 Å². The van der Waals surface area contributed by atoms with Gasteiger partial charge in [-0.3, -0.25) is 14.4 Å². The Morgan fingerprint density at radius 3 is 2.38 bits per heavy atom. The zero-order valence-electron chi connectivity index (χ0n) is 17.6. The normalized spacial score (nSPS) is 25.4. The molecule has 0 spiro atoms. The van der Waals surface area contributed by atoms with Gasteiger partial charge in [0, 0.05) is 20.4 Å². The lowest BCUT2D eigenvalue weighted by Crippen LogP contribution is -2.50. The Bertz CT molecular complexity index is 812. The second-order valence-corrected chi connectivity index (χ2v) is 14.9. The molecule has 4 atom stereocenters. The Kier molecular flexibility index (Phi) is 6.17. The SMILES string of the molecule is CCCOC(=O)C1C2C(=O)CC(c3ccc(O)cc32)C1C(=O)OCC[Si](C)(C)C. The van der Waals surface area contributed by atoms with E-state index in [0.29, 0.717) is 18.6 Å². The molecule has 1 fully saturated rings. The molecule has 6 nitrogen and oxygen atoms in total. The maximum absolute atomic E-state index is 13.1. The average molecular weight is 419 g/mol. The number of phenolic OH excluding ortho intramolecular Hbond substituents is 1. The van der Waals surface area contributed by atoms with Crippen LogP contribution in [0, 0.1) is 11.8 Å². The van der Waals surface area contributed by atoms with Gasteiger partial charge in [0.25, 0.3) is 0 Å². The lowest BCUT2D eigenvalue weighted by molar-refractivity contribution is -0.167. The number of carbonyl (C=O) groups is 3. The highest BCUT2D eigenvalue weighted by Gasteiger charge is 2.57. The van der Waals surface area contributed by atoms with Gasteiger partial charge < -0.3 is 14.6 Å². The molecule has 1 saturated carbocycles. The molecule has 0 aromatic heterocycles. The predicted molar refractivity (Wildman–Crippen MR) is 111 cm³/mol. The second-order valence-electron chi connectivity index (χ2n) is 9.27. The van der Waals surface area contributed by atoms with Crippen molar-refractivity contribution in [3.8, 4) is 5.75 Å². The number of ether oxygens (including phenoxy) is 2. The number of ketones is 1. The van der Waals surface area contributed by atoms with E-state index in [9.17, 15) is 19.5 Å². The molecule has 3 aliphatic rings. The predicted octanol–water partition coefficient (Wildman–Crippen LogP) is 3.61. The summed E-state index contributed by atoms with van der Waals surface area (Å²) in [7, 11) is -1.37. The molecule has 2 bridgehead atoms. The van der Waals surface area contributed by atoms with Crippen LogP contribution in [0.1, 0.15) is 42.7 Å². The van der Waals surface area contributed by atoms with Crippen molar-refractivity contribution in [2.75, 3.05) is 13.2 Å². The van der Waals surface area contributed by atoms with Crippen molar-refractivity contribution in [3.63, 3.8) is 0 Å². The molecule has 1 N–H and O–H groups in total. The number of fused-ring (bicyclic) bond motifs is 2. The third kappa shape index (κ3) is 4.39. The van der Waals surface area contributed by atoms with Crippen LogP contribution in [0.3, 0.4) is 0 Å². The minimum atomic E-state index is -1.37. The van der Waals surface area contributed by atoms with Crippen LogP contribution in [0.15, 0.2) is 18.2 Å². The van der Waals surface area contributed by atoms with Gasteiger partial charge in [-0.2, -0.15) is 0 Å². The summed E-state index contributed by atoms with van der Waals surface area (Å²) in [5.74, 6) is -3.85. The summed E-state index contributed by atoms with van der Waals surface area (Å²) < 4.78 is 11.0. The molecule has 4 unspecified atom stereocenters. The van der Waals surface area contributed by atoms with E-state index in [1.165, 1.54) is 6.07 Å². The molecule has 1 aromatic carbocycles. The van der Waals surface area contributed by atoms with E-state index in [4.69, 9.17) is 9.47 Å². The number of benzene rings is 1. The summed E-state index contributed by atoms with van der Waals surface area (Å²) in [6, 6.07) is 5.69. The van der Waals surface area contributed by atoms with Gasteiger partial charge in [0.1, 0.15) is 11.5 Å². The Hall–Kier alpha value is -2.15. The van der Waals surface area contributed by atoms with Crippen molar-refractivity contribution >= 4 is 25.8 Å². The first-order valence-electron chi connectivity index (χ1n) is 10.3. The van der Waals surface area contributed by atoms with Gasteiger partial charge in [-0.25, -0.2) is 0 Å². The van der Waals surface area contributed by atoms with Crippen LogP contribution in [0.2, 0.25) is 25.7 Å². The summed E-state index contributed by atoms with van der Waals surface area (Å²) in [6.07, 6.45) is 0.858. The smallest absolute Gasteiger partial charge is 0.310 e. The fourth-order valence-corrected chi connectivity index (χ4v) is 5.13. The molecule has 1 aromatic rings. The quantitative estimate of drug-likeness (QED) is 0.537. The van der Waals surface area contributed by atoms with Crippen molar-refractivity contribution < 1.29 is 29.0 Å². The lowest BCUT2D eigenvalue weighted by Gasteiger charge is -2.46. The first-order chi connectivity index (χ1) is 13.6. The fraction of sp³-hybridized carbons (Fsp3) is 0.591. The second kappa shape index (κ2) is 8.30. The van der Waals surface area contributed by atoms with Crippen LogP contribution < -0.4 is 0 Å². The highest BCUT2D eigenvalue weighted by atomic mass is 28.3. The minimum Gasteiger partial charge on any atom is -0.508 e. The van der Waals surface area contributed by atoms with Crippen LogP contribution in [0.25, 0.3) is 0 Å². The zero-order valence-corrected chi connectivity index (χ0v) is 18.6. The van der Waals surface area contributed by atoms with Crippen LogP contribution in [0.5, 0.6) is 5.75 Å². The van der Waals surface area contributed by atoms with Crippen LogP contribution in [-0.2, 0) is 23.9 Å². The zero-order chi connectivity index (χ0) is 21.3. The van der Waals surface area contributed by atoms with E-state index in [2.05, 4.69) is 19.6 Å². The van der Waals surface area contributed by atoms with Gasteiger partial charge in [-0.15, -0.1) is 0 Å². The minimum absolute atomic E-state index is 0.0408. The summed E-state index contributed by atoms with van der Waals surface area (Å²) in [4.78, 5) is 38.8. The number of phenols is 1. The van der Waals surface area contributed by atoms with E-state index >= 15 is 0 Å². The van der Waals surface area contributed by atoms with E-state index in [1.54, 1.807) is 12.1 Å². The van der Waals surface area contributed by atoms with E-state index in [-0.39, 0.29) is 24.6 Å². The number of hydrogen-bond donors (Lipinski definition) is 1. The molecule has 0 amide bonds. The Morgan fingerprint density at radius 2 is 1.72 bits per heavy atom. The molecule has 4 rings (SSSR count). The molecule has 7 heteroatoms. The highest BCUT2D eigenvalue weighted by molar-refractivity contribution is 6.76. The van der Waals surface area contributed by atoms with Crippen LogP contribution in [-0.4, -0.2) is 44.1 Å². The Morgan fingerprint density at radius 1 is 1.07 bits per heavy atom. The summed E-state index contributed by atoms with van der Waals surface area (Å²) in [6.45, 7) is 9.07. The molecule has 0 aliphatic heterocycles. The maximum Gasteiger partial charge on any atom is 0.310 e. The van der Waals surface area contributed by atoms with E-state index in [0.717, 1.165) is 11.6 Å². The number of esters is 2. The van der Waals surface area contributed by atoms with Crippen molar-refractivity contribution in [1.29, 1.82) is 0 Å². The van der Waals surface area contributed by atoms with Gasteiger partial charge in [0.2, 0.25) is 0 Å². The lowest BCUT2D eigenvalue weighted by atomic mass is 9.55. The molecule has 0 radical (unpaired) electrons. The molecular formula is C22H30O6Si. The van der Waals surface area contributed by atoms with Crippen molar-refractivity contribution in [2.45, 2.75) is 57.3 Å². The first kappa shape index (κ1) is 21.6. The van der Waals surface area contributed by atoms with Gasteiger partial charge in [0.15, 0.2) is 0 Å². The van der Waals surface area contributed by atoms with Gasteiger partial charge in [-0.05, 0) is 35.7 Å². The van der Waals surface area contributed by atoms with Gasteiger partial charge >= 0.3 is 11.9 Å². The molecule has 3 aliphatic carbocycles. The van der Waals surface area contributed by atoms with Crippen molar-refractivity contribution in [1.82, 2.24) is 0 Å².